The van der Waals surface area contributed by atoms with E-state index in [1.54, 1.807) is 10.9 Å². The smallest absolute Gasteiger partial charge is 0.153 e. The Morgan fingerprint density at radius 3 is 2.93 bits per heavy atom. The molecule has 0 amide bonds. The van der Waals surface area contributed by atoms with Crippen LogP contribution in [0.4, 0.5) is 0 Å². The van der Waals surface area contributed by atoms with Crippen molar-refractivity contribution in [1.82, 2.24) is 9.78 Å². The summed E-state index contributed by atoms with van der Waals surface area (Å²) in [5, 5.41) is 13.1. The summed E-state index contributed by atoms with van der Waals surface area (Å²) in [6.07, 6.45) is 3.03. The molecule has 0 aliphatic rings. The average molecular weight is 253 g/mol. The van der Waals surface area contributed by atoms with Gasteiger partial charge in [0.05, 0.1) is 18.9 Å². The van der Waals surface area contributed by atoms with Gasteiger partial charge in [0.1, 0.15) is 0 Å². The van der Waals surface area contributed by atoms with Crippen molar-refractivity contribution in [1.29, 1.82) is 0 Å². The number of aromatic hydroxyl groups is 1. The summed E-state index contributed by atoms with van der Waals surface area (Å²) >= 11 is 3.40. The second-order valence-corrected chi connectivity index (χ2v) is 3.94. The maximum Gasteiger partial charge on any atom is 0.153 e. The fraction of sp³-hybridized carbons (Fsp3) is 0.100. The minimum absolute atomic E-state index is 0.194. The van der Waals surface area contributed by atoms with Gasteiger partial charge in [-0.3, -0.25) is 4.68 Å². The quantitative estimate of drug-likeness (QED) is 0.892. The van der Waals surface area contributed by atoms with E-state index in [2.05, 4.69) is 21.0 Å². The molecule has 1 N–H and O–H groups in total. The Labute approximate surface area is 90.1 Å². The van der Waals surface area contributed by atoms with E-state index in [1.807, 2.05) is 24.3 Å². The van der Waals surface area contributed by atoms with Gasteiger partial charge in [-0.25, -0.2) is 0 Å². The molecule has 0 unspecified atom stereocenters. The largest absolute Gasteiger partial charge is 0.505 e. The number of benzene rings is 1. The minimum Gasteiger partial charge on any atom is -0.505 e. The molecule has 2 rings (SSSR count). The number of hydrogen-bond donors (Lipinski definition) is 1. The number of aromatic nitrogens is 2. The lowest BCUT2D eigenvalue weighted by molar-refractivity contribution is 0.474. The molecule has 0 bridgehead atoms. The van der Waals surface area contributed by atoms with Gasteiger partial charge < -0.3 is 5.11 Å². The van der Waals surface area contributed by atoms with Crippen LogP contribution in [0.5, 0.6) is 5.75 Å². The van der Waals surface area contributed by atoms with Gasteiger partial charge in [-0.1, -0.05) is 28.1 Å². The molecule has 0 atom stereocenters. The summed E-state index contributed by atoms with van der Waals surface area (Å²) in [6.45, 7) is 0.667. The van der Waals surface area contributed by atoms with E-state index in [0.29, 0.717) is 6.54 Å². The Bertz CT molecular complexity index is 439. The van der Waals surface area contributed by atoms with Crippen LogP contribution in [-0.4, -0.2) is 14.9 Å². The van der Waals surface area contributed by atoms with Crippen LogP contribution < -0.4 is 0 Å². The lowest BCUT2D eigenvalue weighted by Crippen LogP contribution is -1.99. The second kappa shape index (κ2) is 3.84. The molecule has 0 spiro atoms. The van der Waals surface area contributed by atoms with Gasteiger partial charge in [0.15, 0.2) is 5.75 Å². The zero-order chi connectivity index (χ0) is 9.97. The van der Waals surface area contributed by atoms with Gasteiger partial charge >= 0.3 is 0 Å². The first-order valence-corrected chi connectivity index (χ1v) is 4.99. The van der Waals surface area contributed by atoms with Gasteiger partial charge in [0.2, 0.25) is 0 Å². The normalized spacial score (nSPS) is 10.4. The van der Waals surface area contributed by atoms with Crippen LogP contribution in [0.25, 0.3) is 0 Å². The third kappa shape index (κ3) is 2.14. The standard InChI is InChI=1S/C10H9BrN2O/c11-9-3-1-2-8(4-9)6-13-7-10(14)5-12-13/h1-5,7,14H,6H2. The average Bonchev–Trinajstić information content (AvgIpc) is 2.51. The van der Waals surface area contributed by atoms with E-state index in [1.165, 1.54) is 6.20 Å². The van der Waals surface area contributed by atoms with Crippen molar-refractivity contribution < 1.29 is 5.11 Å². The van der Waals surface area contributed by atoms with Crippen molar-refractivity contribution in [3.8, 4) is 5.75 Å². The Morgan fingerprint density at radius 1 is 1.43 bits per heavy atom. The highest BCUT2D eigenvalue weighted by Crippen LogP contribution is 2.13. The Kier molecular flexibility index (Phi) is 2.54. The molecule has 4 heteroatoms. The molecular weight excluding hydrogens is 244 g/mol. The van der Waals surface area contributed by atoms with Gasteiger partial charge in [-0.2, -0.15) is 5.10 Å². The second-order valence-electron chi connectivity index (χ2n) is 3.03. The predicted octanol–water partition coefficient (Wildman–Crippen LogP) is 2.40. The van der Waals surface area contributed by atoms with Gasteiger partial charge in [0.25, 0.3) is 0 Å². The molecule has 0 saturated heterocycles. The molecule has 0 radical (unpaired) electrons. The first kappa shape index (κ1) is 9.27. The number of halogens is 1. The number of rotatable bonds is 2. The lowest BCUT2D eigenvalue weighted by atomic mass is 10.2. The van der Waals surface area contributed by atoms with Gasteiger partial charge in [0, 0.05) is 4.47 Å². The van der Waals surface area contributed by atoms with Crippen LogP contribution in [0, 0.1) is 0 Å². The number of nitrogens with zero attached hydrogens (tertiary/aromatic N) is 2. The van der Waals surface area contributed by atoms with E-state index >= 15 is 0 Å². The van der Waals surface area contributed by atoms with Crippen LogP contribution >= 0.6 is 15.9 Å². The molecular formula is C10H9BrN2O. The van der Waals surface area contributed by atoms with E-state index in [0.717, 1.165) is 10.0 Å². The maximum absolute atomic E-state index is 9.09. The summed E-state index contributed by atoms with van der Waals surface area (Å²) in [7, 11) is 0. The summed E-state index contributed by atoms with van der Waals surface area (Å²) in [5.41, 5.74) is 1.14. The zero-order valence-electron chi connectivity index (χ0n) is 7.39. The number of hydrogen-bond acceptors (Lipinski definition) is 2. The van der Waals surface area contributed by atoms with Crippen molar-refractivity contribution in [3.63, 3.8) is 0 Å². The fourth-order valence-corrected chi connectivity index (χ4v) is 1.71. The highest BCUT2D eigenvalue weighted by molar-refractivity contribution is 9.10. The molecule has 2 aromatic rings. The monoisotopic (exact) mass is 252 g/mol. The van der Waals surface area contributed by atoms with E-state index in [4.69, 9.17) is 5.11 Å². The van der Waals surface area contributed by atoms with Crippen molar-refractivity contribution >= 4 is 15.9 Å². The summed E-state index contributed by atoms with van der Waals surface area (Å²) in [4.78, 5) is 0. The van der Waals surface area contributed by atoms with Crippen molar-refractivity contribution in [2.75, 3.05) is 0 Å². The molecule has 0 saturated carbocycles. The fourth-order valence-electron chi connectivity index (χ4n) is 1.26. The highest BCUT2D eigenvalue weighted by Gasteiger charge is 1.98. The van der Waals surface area contributed by atoms with E-state index in [9.17, 15) is 0 Å². The third-order valence-corrected chi connectivity index (χ3v) is 2.35. The summed E-state index contributed by atoms with van der Waals surface area (Å²) in [5.74, 6) is 0.194. The van der Waals surface area contributed by atoms with Crippen molar-refractivity contribution in [2.45, 2.75) is 6.54 Å². The molecule has 0 aliphatic heterocycles. The summed E-state index contributed by atoms with van der Waals surface area (Å²) in [6, 6.07) is 8.00. The topological polar surface area (TPSA) is 38.1 Å². The van der Waals surface area contributed by atoms with Crippen LogP contribution in [0.1, 0.15) is 5.56 Å². The molecule has 3 nitrogen and oxygen atoms in total. The van der Waals surface area contributed by atoms with Crippen LogP contribution in [0.2, 0.25) is 0 Å². The van der Waals surface area contributed by atoms with Crippen LogP contribution in [-0.2, 0) is 6.54 Å². The molecule has 1 aromatic heterocycles. The van der Waals surface area contributed by atoms with Gasteiger partial charge in [-0.15, -0.1) is 0 Å². The van der Waals surface area contributed by atoms with Gasteiger partial charge in [-0.05, 0) is 17.7 Å². The van der Waals surface area contributed by atoms with Crippen LogP contribution in [0.3, 0.4) is 0 Å². The Hall–Kier alpha value is -1.29. The third-order valence-electron chi connectivity index (χ3n) is 1.85. The first-order chi connectivity index (χ1) is 6.74. The Morgan fingerprint density at radius 2 is 2.29 bits per heavy atom. The molecule has 72 valence electrons. The van der Waals surface area contributed by atoms with Crippen LogP contribution in [0.15, 0.2) is 41.1 Å². The molecule has 14 heavy (non-hydrogen) atoms. The zero-order valence-corrected chi connectivity index (χ0v) is 8.98. The molecule has 0 fully saturated rings. The van der Waals surface area contributed by atoms with Crippen molar-refractivity contribution in [2.24, 2.45) is 0 Å². The molecule has 1 heterocycles. The van der Waals surface area contributed by atoms with E-state index < -0.39 is 0 Å². The minimum atomic E-state index is 0.194. The SMILES string of the molecule is Oc1cnn(Cc2cccc(Br)c2)c1. The molecule has 1 aromatic carbocycles. The van der Waals surface area contributed by atoms with Crippen molar-refractivity contribution in [3.05, 3.63) is 46.7 Å². The maximum atomic E-state index is 9.09. The Balaban J connectivity index is 2.18. The highest BCUT2D eigenvalue weighted by atomic mass is 79.9. The summed E-state index contributed by atoms with van der Waals surface area (Å²) < 4.78 is 2.74. The molecule has 0 aliphatic carbocycles. The predicted molar refractivity (Wildman–Crippen MR) is 57.1 cm³/mol. The first-order valence-electron chi connectivity index (χ1n) is 4.20. The van der Waals surface area contributed by atoms with E-state index in [-0.39, 0.29) is 5.75 Å². The lowest BCUT2D eigenvalue weighted by Gasteiger charge is -2.01.